The maximum absolute atomic E-state index is 14.0. The normalized spacial score (nSPS) is 14.8. The van der Waals surface area contributed by atoms with Gasteiger partial charge in [0.2, 0.25) is 5.75 Å². The van der Waals surface area contributed by atoms with Crippen molar-refractivity contribution >= 4 is 29.0 Å². The van der Waals surface area contributed by atoms with E-state index < -0.39 is 6.04 Å². The number of benzene rings is 3. The van der Waals surface area contributed by atoms with E-state index in [0.717, 1.165) is 11.1 Å². The lowest BCUT2D eigenvalue weighted by Gasteiger charge is -2.25. The van der Waals surface area contributed by atoms with Crippen LogP contribution < -0.4 is 34.4 Å². The molecule has 2 heterocycles. The van der Waals surface area contributed by atoms with Crippen LogP contribution in [0.2, 0.25) is 0 Å². The van der Waals surface area contributed by atoms with E-state index >= 15 is 0 Å². The molecular weight excluding hydrogens is 526 g/mol. The van der Waals surface area contributed by atoms with E-state index in [2.05, 4.69) is 5.32 Å². The van der Waals surface area contributed by atoms with E-state index in [0.29, 0.717) is 49.1 Å². The lowest BCUT2D eigenvalue weighted by Crippen LogP contribution is -2.40. The van der Waals surface area contributed by atoms with E-state index in [1.165, 1.54) is 18.4 Å². The number of amides is 1. The van der Waals surface area contributed by atoms with E-state index in [4.69, 9.17) is 19.2 Å². The highest BCUT2D eigenvalue weighted by molar-refractivity contribution is 7.07. The summed E-state index contributed by atoms with van der Waals surface area (Å²) in [6.45, 7) is 3.80. The van der Waals surface area contributed by atoms with Crippen molar-refractivity contribution in [1.29, 1.82) is 0 Å². The fourth-order valence-corrected chi connectivity index (χ4v) is 5.78. The number of fused-ring (bicyclic) bond motifs is 1. The van der Waals surface area contributed by atoms with Gasteiger partial charge in [-0.25, -0.2) is 4.99 Å². The molecule has 1 aliphatic rings. The van der Waals surface area contributed by atoms with Crippen LogP contribution in [0.25, 0.3) is 6.08 Å². The average molecular weight is 556 g/mol. The van der Waals surface area contributed by atoms with Gasteiger partial charge in [-0.1, -0.05) is 59.4 Å². The van der Waals surface area contributed by atoms with Crippen LogP contribution in [0, 0.1) is 6.92 Å². The highest BCUT2D eigenvalue weighted by atomic mass is 32.1. The van der Waals surface area contributed by atoms with Gasteiger partial charge in [0, 0.05) is 5.69 Å². The Labute approximate surface area is 235 Å². The SMILES string of the molecule is COc1cc(/C=c2\sc3n(c2=O)[C@@H](c2ccc(C)cc2)C(C(=O)Nc2ccccc2)=C(C)N=3)cc(OC)c1OC. The van der Waals surface area contributed by atoms with Crippen molar-refractivity contribution < 1.29 is 19.0 Å². The average Bonchev–Trinajstić information content (AvgIpc) is 3.26. The Morgan fingerprint density at radius 1 is 0.950 bits per heavy atom. The van der Waals surface area contributed by atoms with Crippen molar-refractivity contribution in [3.8, 4) is 17.2 Å². The number of ether oxygens (including phenoxy) is 3. The van der Waals surface area contributed by atoms with Gasteiger partial charge in [-0.2, -0.15) is 0 Å². The first kappa shape index (κ1) is 27.0. The first-order chi connectivity index (χ1) is 19.3. The number of methoxy groups -OCH3 is 3. The van der Waals surface area contributed by atoms with Crippen LogP contribution >= 0.6 is 11.3 Å². The third kappa shape index (κ3) is 5.03. The lowest BCUT2D eigenvalue weighted by molar-refractivity contribution is -0.113. The lowest BCUT2D eigenvalue weighted by atomic mass is 9.94. The molecule has 0 saturated carbocycles. The number of para-hydroxylation sites is 1. The summed E-state index contributed by atoms with van der Waals surface area (Å²) in [4.78, 5) is 32.9. The van der Waals surface area contributed by atoms with Gasteiger partial charge < -0.3 is 19.5 Å². The largest absolute Gasteiger partial charge is 0.493 e. The molecule has 1 aromatic heterocycles. The highest BCUT2D eigenvalue weighted by Gasteiger charge is 2.32. The van der Waals surface area contributed by atoms with Gasteiger partial charge in [0.05, 0.1) is 43.2 Å². The standard InChI is InChI=1S/C31H29N3O5S/c1-18-11-13-21(14-12-18)27-26(29(35)33-22-9-7-6-8-10-22)19(2)32-31-34(27)30(36)25(40-31)17-20-15-23(37-3)28(39-5)24(16-20)38-4/h6-17,27H,1-5H3,(H,33,35)/b25-17-/t27-/m0/s1. The monoisotopic (exact) mass is 555 g/mol. The van der Waals surface area contributed by atoms with Crippen LogP contribution in [0.15, 0.2) is 87.8 Å². The minimum absolute atomic E-state index is 0.249. The van der Waals surface area contributed by atoms with Gasteiger partial charge in [0.25, 0.3) is 11.5 Å². The zero-order valence-corrected chi connectivity index (χ0v) is 23.7. The van der Waals surface area contributed by atoms with Crippen molar-refractivity contribution in [2.75, 3.05) is 26.6 Å². The Bertz CT molecular complexity index is 1760. The molecular formula is C31H29N3O5S. The zero-order chi connectivity index (χ0) is 28.4. The van der Waals surface area contributed by atoms with E-state index in [9.17, 15) is 9.59 Å². The summed E-state index contributed by atoms with van der Waals surface area (Å²) >= 11 is 1.27. The summed E-state index contributed by atoms with van der Waals surface area (Å²) in [5, 5.41) is 2.97. The predicted molar refractivity (Wildman–Crippen MR) is 156 cm³/mol. The smallest absolute Gasteiger partial charge is 0.271 e. The molecule has 0 unspecified atom stereocenters. The molecule has 0 fully saturated rings. The third-order valence-electron chi connectivity index (χ3n) is 6.68. The second-order valence-electron chi connectivity index (χ2n) is 9.27. The molecule has 0 aliphatic carbocycles. The van der Waals surface area contributed by atoms with Crippen LogP contribution in [-0.4, -0.2) is 31.8 Å². The van der Waals surface area contributed by atoms with Gasteiger partial charge in [-0.3, -0.25) is 14.2 Å². The number of hydrogen-bond acceptors (Lipinski definition) is 7. The van der Waals surface area contributed by atoms with Crippen molar-refractivity contribution in [2.24, 2.45) is 4.99 Å². The number of aromatic nitrogens is 1. The molecule has 1 N–H and O–H groups in total. The Morgan fingerprint density at radius 2 is 1.60 bits per heavy atom. The second kappa shape index (κ2) is 11.2. The summed E-state index contributed by atoms with van der Waals surface area (Å²) in [7, 11) is 4.62. The molecule has 8 nitrogen and oxygen atoms in total. The molecule has 9 heteroatoms. The predicted octanol–water partition coefficient (Wildman–Crippen LogP) is 4.21. The molecule has 0 spiro atoms. The fourth-order valence-electron chi connectivity index (χ4n) is 4.73. The van der Waals surface area contributed by atoms with Gasteiger partial charge in [-0.05, 0) is 55.3 Å². The number of allylic oxidation sites excluding steroid dienone is 1. The number of rotatable bonds is 7. The van der Waals surface area contributed by atoms with Crippen molar-refractivity contribution in [3.05, 3.63) is 114 Å². The molecule has 3 aromatic carbocycles. The minimum atomic E-state index is -0.650. The molecule has 204 valence electrons. The maximum atomic E-state index is 14.0. The van der Waals surface area contributed by atoms with E-state index in [-0.39, 0.29) is 11.5 Å². The number of anilines is 1. The van der Waals surface area contributed by atoms with Crippen LogP contribution in [0.3, 0.4) is 0 Å². The molecule has 5 rings (SSSR count). The number of nitrogens with zero attached hydrogens (tertiary/aromatic N) is 2. The number of aryl methyl sites for hydroxylation is 1. The summed E-state index contributed by atoms with van der Waals surface area (Å²) in [5.74, 6) is 1.12. The quantitative estimate of drug-likeness (QED) is 0.369. The summed E-state index contributed by atoms with van der Waals surface area (Å²) in [6.07, 6.45) is 1.77. The molecule has 4 aromatic rings. The Morgan fingerprint density at radius 3 is 2.20 bits per heavy atom. The van der Waals surface area contributed by atoms with Gasteiger partial charge in [0.1, 0.15) is 0 Å². The van der Waals surface area contributed by atoms with E-state index in [1.807, 2.05) is 61.5 Å². The minimum Gasteiger partial charge on any atom is -0.493 e. The Hall–Kier alpha value is -4.63. The number of carbonyl (C=O) groups is 1. The molecule has 1 amide bonds. The summed E-state index contributed by atoms with van der Waals surface area (Å²) in [5.41, 5.74) is 3.98. The molecule has 1 aliphatic heterocycles. The third-order valence-corrected chi connectivity index (χ3v) is 7.66. The second-order valence-corrected chi connectivity index (χ2v) is 10.3. The number of hydrogen-bond donors (Lipinski definition) is 1. The first-order valence-electron chi connectivity index (χ1n) is 12.6. The van der Waals surface area contributed by atoms with Crippen LogP contribution in [-0.2, 0) is 4.79 Å². The van der Waals surface area contributed by atoms with Crippen LogP contribution in [0.5, 0.6) is 17.2 Å². The summed E-state index contributed by atoms with van der Waals surface area (Å²) in [6, 6.07) is 20.0. The van der Waals surface area contributed by atoms with Crippen molar-refractivity contribution in [2.45, 2.75) is 19.9 Å². The number of nitrogens with one attached hydrogen (secondary N) is 1. The fraction of sp³-hybridized carbons (Fsp3) is 0.194. The van der Waals surface area contributed by atoms with Crippen molar-refractivity contribution in [1.82, 2.24) is 4.57 Å². The summed E-state index contributed by atoms with van der Waals surface area (Å²) < 4.78 is 18.5. The van der Waals surface area contributed by atoms with Gasteiger partial charge in [-0.15, -0.1) is 0 Å². The van der Waals surface area contributed by atoms with E-state index in [1.54, 1.807) is 43.9 Å². The molecule has 0 bridgehead atoms. The van der Waals surface area contributed by atoms with Crippen LogP contribution in [0.1, 0.15) is 29.7 Å². The molecule has 1 atom stereocenters. The number of thiazole rings is 1. The first-order valence-corrected chi connectivity index (χ1v) is 13.4. The molecule has 40 heavy (non-hydrogen) atoms. The van der Waals surface area contributed by atoms with Gasteiger partial charge >= 0.3 is 0 Å². The zero-order valence-electron chi connectivity index (χ0n) is 22.8. The van der Waals surface area contributed by atoms with Crippen molar-refractivity contribution in [3.63, 3.8) is 0 Å². The number of carbonyl (C=O) groups excluding carboxylic acids is 1. The Kier molecular flexibility index (Phi) is 7.57. The maximum Gasteiger partial charge on any atom is 0.271 e. The Balaban J connectivity index is 1.68. The topological polar surface area (TPSA) is 91.2 Å². The van der Waals surface area contributed by atoms with Crippen LogP contribution in [0.4, 0.5) is 5.69 Å². The molecule has 0 saturated heterocycles. The highest BCUT2D eigenvalue weighted by Crippen LogP contribution is 2.38. The van der Waals surface area contributed by atoms with Gasteiger partial charge in [0.15, 0.2) is 16.3 Å². The molecule has 0 radical (unpaired) electrons.